The topological polar surface area (TPSA) is 44.5 Å². The number of hydrogen-bond acceptors (Lipinski definition) is 3. The van der Waals surface area contributed by atoms with Crippen LogP contribution >= 0.6 is 0 Å². The highest BCUT2D eigenvalue weighted by Gasteiger charge is 2.04. The van der Waals surface area contributed by atoms with Gasteiger partial charge in [-0.2, -0.15) is 0 Å². The first-order valence-electron chi connectivity index (χ1n) is 4.19. The van der Waals surface area contributed by atoms with Crippen molar-refractivity contribution in [2.45, 2.75) is 32.5 Å². The van der Waals surface area contributed by atoms with Crippen molar-refractivity contribution >= 4 is 0 Å². The fourth-order valence-electron chi connectivity index (χ4n) is 0.803. The lowest BCUT2D eigenvalue weighted by molar-refractivity contribution is -0.127. The van der Waals surface area contributed by atoms with Crippen LogP contribution in [0.2, 0.25) is 0 Å². The lowest BCUT2D eigenvalue weighted by Gasteiger charge is -2.14. The van der Waals surface area contributed by atoms with Crippen molar-refractivity contribution in [2.24, 2.45) is 5.73 Å². The molecule has 0 bridgehead atoms. The summed E-state index contributed by atoms with van der Waals surface area (Å²) in [4.78, 5) is 0. The summed E-state index contributed by atoms with van der Waals surface area (Å²) in [6.07, 6.45) is 2.83. The van der Waals surface area contributed by atoms with Gasteiger partial charge >= 0.3 is 0 Å². The van der Waals surface area contributed by atoms with E-state index in [2.05, 4.69) is 6.92 Å². The Balaban J connectivity index is 3.25. The zero-order valence-electron chi connectivity index (χ0n) is 7.51. The van der Waals surface area contributed by atoms with E-state index in [4.69, 9.17) is 15.2 Å². The van der Waals surface area contributed by atoms with Gasteiger partial charge in [0.1, 0.15) is 0 Å². The van der Waals surface area contributed by atoms with Gasteiger partial charge in [-0.1, -0.05) is 6.92 Å². The average Bonchev–Trinajstić information content (AvgIpc) is 2.05. The van der Waals surface area contributed by atoms with E-state index in [9.17, 15) is 0 Å². The standard InChI is InChI=1S/C8H19NO2/c1-3-7-11-8(10-2)5-4-6-9/h8H,3-7,9H2,1-2H3. The van der Waals surface area contributed by atoms with Crippen LogP contribution in [0.15, 0.2) is 0 Å². The Hall–Kier alpha value is -0.120. The Morgan fingerprint density at radius 1 is 1.45 bits per heavy atom. The Bertz CT molecular complexity index is 70.5. The van der Waals surface area contributed by atoms with Crippen LogP contribution < -0.4 is 5.73 Å². The van der Waals surface area contributed by atoms with Gasteiger partial charge in [0, 0.05) is 13.7 Å². The van der Waals surface area contributed by atoms with Crippen molar-refractivity contribution in [1.82, 2.24) is 0 Å². The van der Waals surface area contributed by atoms with Crippen molar-refractivity contribution in [3.63, 3.8) is 0 Å². The molecule has 0 fully saturated rings. The highest BCUT2D eigenvalue weighted by molar-refractivity contribution is 4.46. The second kappa shape index (κ2) is 7.98. The van der Waals surface area contributed by atoms with Crippen LogP contribution in [0, 0.1) is 0 Å². The van der Waals surface area contributed by atoms with Crippen LogP contribution in [0.25, 0.3) is 0 Å². The number of hydrogen-bond donors (Lipinski definition) is 1. The third kappa shape index (κ3) is 6.28. The van der Waals surface area contributed by atoms with Gasteiger partial charge in [-0.25, -0.2) is 0 Å². The van der Waals surface area contributed by atoms with Crippen LogP contribution in [0.4, 0.5) is 0 Å². The first-order chi connectivity index (χ1) is 5.35. The molecular formula is C8H19NO2. The molecule has 0 heterocycles. The molecule has 1 unspecified atom stereocenters. The smallest absolute Gasteiger partial charge is 0.157 e. The number of methoxy groups -OCH3 is 1. The van der Waals surface area contributed by atoms with Gasteiger partial charge in [0.25, 0.3) is 0 Å². The molecule has 0 aliphatic rings. The lowest BCUT2D eigenvalue weighted by Crippen LogP contribution is -2.17. The molecule has 0 aromatic rings. The summed E-state index contributed by atoms with van der Waals surface area (Å²) >= 11 is 0. The fraction of sp³-hybridized carbons (Fsp3) is 1.00. The Morgan fingerprint density at radius 3 is 2.64 bits per heavy atom. The van der Waals surface area contributed by atoms with Crippen LogP contribution in [0.5, 0.6) is 0 Å². The van der Waals surface area contributed by atoms with Gasteiger partial charge in [-0.3, -0.25) is 0 Å². The van der Waals surface area contributed by atoms with E-state index < -0.39 is 0 Å². The molecule has 0 amide bonds. The highest BCUT2D eigenvalue weighted by Crippen LogP contribution is 2.02. The van der Waals surface area contributed by atoms with Crippen LogP contribution in [0.3, 0.4) is 0 Å². The van der Waals surface area contributed by atoms with Crippen molar-refractivity contribution in [3.05, 3.63) is 0 Å². The summed E-state index contributed by atoms with van der Waals surface area (Å²) in [6, 6.07) is 0. The predicted molar refractivity (Wildman–Crippen MR) is 45.3 cm³/mol. The van der Waals surface area contributed by atoms with Gasteiger partial charge in [0.2, 0.25) is 0 Å². The minimum Gasteiger partial charge on any atom is -0.356 e. The van der Waals surface area contributed by atoms with Crippen LogP contribution in [-0.4, -0.2) is 26.6 Å². The van der Waals surface area contributed by atoms with Gasteiger partial charge in [0.15, 0.2) is 6.29 Å². The third-order valence-corrected chi connectivity index (χ3v) is 1.41. The van der Waals surface area contributed by atoms with Gasteiger partial charge in [-0.05, 0) is 25.8 Å². The van der Waals surface area contributed by atoms with E-state index in [0.29, 0.717) is 6.54 Å². The molecule has 0 rings (SSSR count). The molecule has 0 radical (unpaired) electrons. The second-order valence-electron chi connectivity index (χ2n) is 2.47. The summed E-state index contributed by atoms with van der Waals surface area (Å²) in [7, 11) is 1.66. The van der Waals surface area contributed by atoms with Crippen molar-refractivity contribution in [2.75, 3.05) is 20.3 Å². The zero-order valence-corrected chi connectivity index (χ0v) is 7.51. The molecule has 0 spiro atoms. The van der Waals surface area contributed by atoms with Crippen molar-refractivity contribution in [1.29, 1.82) is 0 Å². The molecule has 68 valence electrons. The quantitative estimate of drug-likeness (QED) is 0.569. The van der Waals surface area contributed by atoms with E-state index in [1.54, 1.807) is 7.11 Å². The largest absolute Gasteiger partial charge is 0.356 e. The number of ether oxygens (including phenoxy) is 2. The summed E-state index contributed by atoms with van der Waals surface area (Å²) in [5, 5.41) is 0. The van der Waals surface area contributed by atoms with Crippen LogP contribution in [-0.2, 0) is 9.47 Å². The monoisotopic (exact) mass is 161 g/mol. The minimum absolute atomic E-state index is 0.0569. The molecule has 0 aromatic carbocycles. The molecule has 0 saturated heterocycles. The fourth-order valence-corrected chi connectivity index (χ4v) is 0.803. The minimum atomic E-state index is -0.0569. The first kappa shape index (κ1) is 10.9. The Morgan fingerprint density at radius 2 is 2.18 bits per heavy atom. The van der Waals surface area contributed by atoms with E-state index in [-0.39, 0.29) is 6.29 Å². The van der Waals surface area contributed by atoms with Crippen molar-refractivity contribution < 1.29 is 9.47 Å². The maximum atomic E-state index is 5.36. The summed E-state index contributed by atoms with van der Waals surface area (Å²) in [5.41, 5.74) is 5.35. The summed E-state index contributed by atoms with van der Waals surface area (Å²) in [6.45, 7) is 3.55. The summed E-state index contributed by atoms with van der Waals surface area (Å²) in [5.74, 6) is 0. The molecule has 3 heteroatoms. The Labute approximate surface area is 68.9 Å². The molecule has 0 aromatic heterocycles. The highest BCUT2D eigenvalue weighted by atomic mass is 16.7. The summed E-state index contributed by atoms with van der Waals surface area (Å²) < 4.78 is 10.4. The van der Waals surface area contributed by atoms with E-state index in [1.165, 1.54) is 0 Å². The zero-order chi connectivity index (χ0) is 8.53. The maximum Gasteiger partial charge on any atom is 0.157 e. The van der Waals surface area contributed by atoms with Crippen molar-refractivity contribution in [3.8, 4) is 0 Å². The lowest BCUT2D eigenvalue weighted by atomic mass is 10.3. The van der Waals surface area contributed by atoms with Gasteiger partial charge in [-0.15, -0.1) is 0 Å². The van der Waals surface area contributed by atoms with Gasteiger partial charge in [0.05, 0.1) is 0 Å². The molecule has 1 atom stereocenters. The Kier molecular flexibility index (Phi) is 7.89. The SMILES string of the molecule is CCCOC(CCCN)OC. The third-order valence-electron chi connectivity index (χ3n) is 1.41. The molecule has 0 aliphatic carbocycles. The maximum absolute atomic E-state index is 5.36. The first-order valence-corrected chi connectivity index (χ1v) is 4.19. The molecule has 0 saturated carbocycles. The average molecular weight is 161 g/mol. The van der Waals surface area contributed by atoms with Gasteiger partial charge < -0.3 is 15.2 Å². The van der Waals surface area contributed by atoms with Crippen LogP contribution in [0.1, 0.15) is 26.2 Å². The van der Waals surface area contributed by atoms with E-state index in [1.807, 2.05) is 0 Å². The molecule has 0 aliphatic heterocycles. The van der Waals surface area contributed by atoms with E-state index in [0.717, 1.165) is 25.9 Å². The van der Waals surface area contributed by atoms with E-state index >= 15 is 0 Å². The second-order valence-corrected chi connectivity index (χ2v) is 2.47. The molecule has 3 nitrogen and oxygen atoms in total. The predicted octanol–water partition coefficient (Wildman–Crippen LogP) is 1.12. The molecular weight excluding hydrogens is 142 g/mol. The normalized spacial score (nSPS) is 13.4. The molecule has 2 N–H and O–H groups in total. The number of nitrogens with two attached hydrogens (primary N) is 1. The molecule has 11 heavy (non-hydrogen) atoms. The number of rotatable bonds is 7.